The predicted molar refractivity (Wildman–Crippen MR) is 112 cm³/mol. The molecular weight excluding hydrogens is 433 g/mol. The first-order valence-corrected chi connectivity index (χ1v) is 8.15. The zero-order valence-electron chi connectivity index (χ0n) is 14.9. The summed E-state index contributed by atoms with van der Waals surface area (Å²) in [7, 11) is 1.63. The highest BCUT2D eigenvalue weighted by molar-refractivity contribution is 14.0. The third-order valence-electron chi connectivity index (χ3n) is 3.28. The van der Waals surface area contributed by atoms with Crippen LogP contribution in [0.25, 0.3) is 0 Å². The number of methoxy groups -OCH3 is 1. The molecule has 138 valence electrons. The number of halogens is 1. The number of nitrogens with one attached hydrogen (secondary N) is 2. The Morgan fingerprint density at radius 1 is 1.20 bits per heavy atom. The highest BCUT2D eigenvalue weighted by Gasteiger charge is 2.07. The molecule has 0 aliphatic carbocycles. The van der Waals surface area contributed by atoms with Crippen LogP contribution in [0.15, 0.2) is 46.0 Å². The topological polar surface area (TPSA) is 68.0 Å². The molecular formula is C18H26IN3O3. The van der Waals surface area contributed by atoms with Crippen LogP contribution in [0.1, 0.15) is 19.6 Å². The molecule has 0 radical (unpaired) electrons. The maximum atomic E-state index is 5.53. The van der Waals surface area contributed by atoms with Gasteiger partial charge in [-0.15, -0.1) is 24.0 Å². The van der Waals surface area contributed by atoms with E-state index in [-0.39, 0.29) is 24.0 Å². The van der Waals surface area contributed by atoms with Crippen molar-refractivity contribution in [2.24, 2.45) is 4.99 Å². The smallest absolute Gasteiger partial charge is 0.195 e. The van der Waals surface area contributed by atoms with Crippen molar-refractivity contribution in [3.05, 3.63) is 42.4 Å². The van der Waals surface area contributed by atoms with Gasteiger partial charge in [0.05, 0.1) is 20.0 Å². The molecule has 25 heavy (non-hydrogen) atoms. The van der Waals surface area contributed by atoms with Crippen molar-refractivity contribution >= 4 is 35.6 Å². The predicted octanol–water partition coefficient (Wildman–Crippen LogP) is 3.93. The first-order valence-electron chi connectivity index (χ1n) is 8.15. The fourth-order valence-corrected chi connectivity index (χ4v) is 2.20. The van der Waals surface area contributed by atoms with Gasteiger partial charge in [0, 0.05) is 31.3 Å². The lowest BCUT2D eigenvalue weighted by Gasteiger charge is -2.14. The molecule has 0 unspecified atom stereocenters. The van der Waals surface area contributed by atoms with Crippen molar-refractivity contribution < 1.29 is 13.9 Å². The SMILES string of the molecule is CCNC(=NCCc1ccco1)Nc1ccc(OCC)c(OC)c1.I. The van der Waals surface area contributed by atoms with Gasteiger partial charge >= 0.3 is 0 Å². The Morgan fingerprint density at radius 2 is 2.04 bits per heavy atom. The van der Waals surface area contributed by atoms with Crippen molar-refractivity contribution in [2.45, 2.75) is 20.3 Å². The number of benzene rings is 1. The Balaban J connectivity index is 0.00000312. The average Bonchev–Trinajstić information content (AvgIpc) is 3.10. The standard InChI is InChI=1S/C18H25N3O3.HI/c1-4-19-18(20-11-10-15-7-6-12-24-15)21-14-8-9-16(23-5-2)17(13-14)22-3;/h6-9,12-13H,4-5,10-11H2,1-3H3,(H2,19,20,21);1H. The molecule has 0 atom stereocenters. The summed E-state index contributed by atoms with van der Waals surface area (Å²) < 4.78 is 16.2. The summed E-state index contributed by atoms with van der Waals surface area (Å²) in [6.07, 6.45) is 2.44. The van der Waals surface area contributed by atoms with Gasteiger partial charge in [-0.2, -0.15) is 0 Å². The molecule has 1 aromatic carbocycles. The Labute approximate surface area is 166 Å². The fraction of sp³-hybridized carbons (Fsp3) is 0.389. The van der Waals surface area contributed by atoms with Gasteiger partial charge in [-0.1, -0.05) is 0 Å². The lowest BCUT2D eigenvalue weighted by molar-refractivity contribution is 0.311. The van der Waals surface area contributed by atoms with Crippen molar-refractivity contribution in [1.82, 2.24) is 5.32 Å². The molecule has 1 aromatic heterocycles. The molecule has 0 saturated heterocycles. The number of hydrogen-bond donors (Lipinski definition) is 2. The van der Waals surface area contributed by atoms with Gasteiger partial charge in [0.25, 0.3) is 0 Å². The van der Waals surface area contributed by atoms with E-state index in [1.807, 2.05) is 44.2 Å². The molecule has 0 bridgehead atoms. The third-order valence-corrected chi connectivity index (χ3v) is 3.28. The Bertz CT molecular complexity index is 645. The van der Waals surface area contributed by atoms with Gasteiger partial charge in [0.1, 0.15) is 5.76 Å². The minimum atomic E-state index is 0. The number of rotatable bonds is 8. The first-order chi connectivity index (χ1) is 11.8. The summed E-state index contributed by atoms with van der Waals surface area (Å²) in [6.45, 7) is 5.99. The van der Waals surface area contributed by atoms with Crippen molar-refractivity contribution in [2.75, 3.05) is 32.1 Å². The van der Waals surface area contributed by atoms with Crippen LogP contribution in [0.4, 0.5) is 5.69 Å². The lowest BCUT2D eigenvalue weighted by atomic mass is 10.2. The van der Waals surface area contributed by atoms with E-state index in [1.165, 1.54) is 0 Å². The molecule has 1 heterocycles. The minimum absolute atomic E-state index is 0. The van der Waals surface area contributed by atoms with Crippen LogP contribution in [0.3, 0.4) is 0 Å². The average molecular weight is 459 g/mol. The maximum absolute atomic E-state index is 5.53. The number of furan rings is 1. The molecule has 6 nitrogen and oxygen atoms in total. The van der Waals surface area contributed by atoms with Crippen LogP contribution in [0, 0.1) is 0 Å². The summed E-state index contributed by atoms with van der Waals surface area (Å²) in [5.74, 6) is 3.06. The lowest BCUT2D eigenvalue weighted by Crippen LogP contribution is -2.30. The number of anilines is 1. The molecule has 0 amide bonds. The summed E-state index contributed by atoms with van der Waals surface area (Å²) in [5, 5.41) is 6.50. The molecule has 0 fully saturated rings. The highest BCUT2D eigenvalue weighted by Crippen LogP contribution is 2.30. The van der Waals surface area contributed by atoms with E-state index in [2.05, 4.69) is 15.6 Å². The fourth-order valence-electron chi connectivity index (χ4n) is 2.20. The van der Waals surface area contributed by atoms with E-state index in [1.54, 1.807) is 13.4 Å². The van der Waals surface area contributed by atoms with Gasteiger partial charge in [-0.3, -0.25) is 4.99 Å². The molecule has 7 heteroatoms. The van der Waals surface area contributed by atoms with Crippen LogP contribution in [-0.4, -0.2) is 32.8 Å². The number of ether oxygens (including phenoxy) is 2. The van der Waals surface area contributed by atoms with E-state index in [0.29, 0.717) is 18.9 Å². The van der Waals surface area contributed by atoms with Gasteiger partial charge in [-0.25, -0.2) is 0 Å². The zero-order chi connectivity index (χ0) is 17.2. The second-order valence-corrected chi connectivity index (χ2v) is 5.01. The quantitative estimate of drug-likeness (QED) is 0.356. The summed E-state index contributed by atoms with van der Waals surface area (Å²) in [5.41, 5.74) is 0.882. The van der Waals surface area contributed by atoms with Crippen molar-refractivity contribution in [3.8, 4) is 11.5 Å². The van der Waals surface area contributed by atoms with Crippen molar-refractivity contribution in [1.29, 1.82) is 0 Å². The van der Waals surface area contributed by atoms with Crippen LogP contribution in [-0.2, 0) is 6.42 Å². The molecule has 2 aromatic rings. The summed E-state index contributed by atoms with van der Waals surface area (Å²) in [4.78, 5) is 4.56. The maximum Gasteiger partial charge on any atom is 0.195 e. The van der Waals surface area contributed by atoms with Gasteiger partial charge < -0.3 is 24.5 Å². The van der Waals surface area contributed by atoms with Crippen molar-refractivity contribution in [3.63, 3.8) is 0 Å². The zero-order valence-corrected chi connectivity index (χ0v) is 17.2. The number of nitrogens with zero attached hydrogens (tertiary/aromatic N) is 1. The van der Waals surface area contributed by atoms with E-state index < -0.39 is 0 Å². The minimum Gasteiger partial charge on any atom is -0.493 e. The molecule has 0 aliphatic rings. The number of hydrogen-bond acceptors (Lipinski definition) is 4. The van der Waals surface area contributed by atoms with Gasteiger partial charge in [0.15, 0.2) is 17.5 Å². The van der Waals surface area contributed by atoms with Crippen LogP contribution in [0.2, 0.25) is 0 Å². The number of aliphatic imine (C=N–C) groups is 1. The van der Waals surface area contributed by atoms with Crippen LogP contribution < -0.4 is 20.1 Å². The molecule has 0 saturated carbocycles. The molecule has 0 aliphatic heterocycles. The second kappa shape index (κ2) is 11.6. The molecule has 2 N–H and O–H groups in total. The molecule has 0 spiro atoms. The highest BCUT2D eigenvalue weighted by atomic mass is 127. The van der Waals surface area contributed by atoms with Gasteiger partial charge in [-0.05, 0) is 38.1 Å². The third kappa shape index (κ3) is 6.85. The van der Waals surface area contributed by atoms with Crippen LogP contribution in [0.5, 0.6) is 11.5 Å². The summed E-state index contributed by atoms with van der Waals surface area (Å²) in [6, 6.07) is 9.55. The first kappa shape index (κ1) is 21.1. The summed E-state index contributed by atoms with van der Waals surface area (Å²) >= 11 is 0. The van der Waals surface area contributed by atoms with E-state index >= 15 is 0 Å². The van der Waals surface area contributed by atoms with E-state index in [9.17, 15) is 0 Å². The monoisotopic (exact) mass is 459 g/mol. The van der Waals surface area contributed by atoms with Gasteiger partial charge in [0.2, 0.25) is 0 Å². The Kier molecular flexibility index (Phi) is 9.83. The Morgan fingerprint density at radius 3 is 2.68 bits per heavy atom. The normalized spacial score (nSPS) is 10.8. The van der Waals surface area contributed by atoms with Crippen LogP contribution >= 0.6 is 24.0 Å². The largest absolute Gasteiger partial charge is 0.493 e. The van der Waals surface area contributed by atoms with E-state index in [4.69, 9.17) is 13.9 Å². The molecule has 2 rings (SSSR count). The second-order valence-electron chi connectivity index (χ2n) is 5.01. The Hall–Kier alpha value is -1.90. The van der Waals surface area contributed by atoms with E-state index in [0.717, 1.165) is 36.1 Å². The number of guanidine groups is 1.